The first-order chi connectivity index (χ1) is 11.9. The lowest BCUT2D eigenvalue weighted by Gasteiger charge is -2.25. The Morgan fingerprint density at radius 3 is 2.36 bits per heavy atom. The molecule has 1 heterocycles. The summed E-state index contributed by atoms with van der Waals surface area (Å²) in [5, 5.41) is 20.3. The maximum Gasteiger partial charge on any atom is 0.305 e. The van der Waals surface area contributed by atoms with E-state index in [2.05, 4.69) is 0 Å². The van der Waals surface area contributed by atoms with Gasteiger partial charge >= 0.3 is 5.97 Å². The van der Waals surface area contributed by atoms with Gasteiger partial charge in [0.05, 0.1) is 22.9 Å². The molecule has 1 atom stereocenters. The molecule has 0 unspecified atom stereocenters. The number of rotatable bonds is 5. The lowest BCUT2D eigenvalue weighted by atomic mass is 10.0. The number of carboxylic acids is 1. The van der Waals surface area contributed by atoms with Gasteiger partial charge in [0.25, 0.3) is 17.5 Å². The molecule has 1 aliphatic rings. The summed E-state index contributed by atoms with van der Waals surface area (Å²) < 4.78 is 0. The standard InChI is InChI=1S/C17H12N2O6/c20-14(21)9-13(10-5-2-1-3-6-10)18-16(22)11-7-4-8-12(19(24)25)15(11)17(18)23/h1-8,13H,9H2,(H,20,21)/t13-/m0/s1. The smallest absolute Gasteiger partial charge is 0.305 e. The fourth-order valence-corrected chi connectivity index (χ4v) is 2.92. The van der Waals surface area contributed by atoms with Crippen molar-refractivity contribution in [1.29, 1.82) is 0 Å². The van der Waals surface area contributed by atoms with E-state index in [9.17, 15) is 29.6 Å². The molecule has 0 bridgehead atoms. The van der Waals surface area contributed by atoms with Gasteiger partial charge in [-0.2, -0.15) is 0 Å². The third-order valence-corrected chi connectivity index (χ3v) is 3.99. The van der Waals surface area contributed by atoms with Gasteiger partial charge in [-0.05, 0) is 11.6 Å². The Bertz CT molecular complexity index is 893. The number of imide groups is 1. The minimum absolute atomic E-state index is 0.0921. The largest absolute Gasteiger partial charge is 0.481 e. The number of amides is 2. The number of nitrogens with zero attached hydrogens (tertiary/aromatic N) is 2. The Kier molecular flexibility index (Phi) is 4.02. The van der Waals surface area contributed by atoms with Crippen molar-refractivity contribution in [2.45, 2.75) is 12.5 Å². The van der Waals surface area contributed by atoms with E-state index in [0.717, 1.165) is 11.0 Å². The van der Waals surface area contributed by atoms with E-state index in [-0.39, 0.29) is 11.1 Å². The van der Waals surface area contributed by atoms with E-state index in [1.54, 1.807) is 30.3 Å². The summed E-state index contributed by atoms with van der Waals surface area (Å²) in [6, 6.07) is 11.0. The van der Waals surface area contributed by atoms with Crippen molar-refractivity contribution < 1.29 is 24.4 Å². The zero-order valence-electron chi connectivity index (χ0n) is 12.8. The van der Waals surface area contributed by atoms with E-state index in [0.29, 0.717) is 5.56 Å². The molecule has 126 valence electrons. The fourth-order valence-electron chi connectivity index (χ4n) is 2.92. The van der Waals surface area contributed by atoms with E-state index in [1.165, 1.54) is 12.1 Å². The van der Waals surface area contributed by atoms with Crippen LogP contribution in [0.1, 0.15) is 38.7 Å². The highest BCUT2D eigenvalue weighted by Crippen LogP contribution is 2.37. The van der Waals surface area contributed by atoms with Crippen LogP contribution in [0.5, 0.6) is 0 Å². The molecule has 1 N–H and O–H groups in total. The van der Waals surface area contributed by atoms with Gasteiger partial charge in [-0.3, -0.25) is 29.4 Å². The molecule has 8 heteroatoms. The van der Waals surface area contributed by atoms with Crippen LogP contribution in [0.4, 0.5) is 5.69 Å². The topological polar surface area (TPSA) is 118 Å². The van der Waals surface area contributed by atoms with Crippen molar-refractivity contribution >= 4 is 23.5 Å². The number of carboxylic acid groups (broad SMARTS) is 1. The summed E-state index contributed by atoms with van der Waals surface area (Å²) in [6.07, 6.45) is -0.497. The van der Waals surface area contributed by atoms with Crippen LogP contribution < -0.4 is 0 Å². The molecule has 25 heavy (non-hydrogen) atoms. The molecule has 2 aromatic rings. The summed E-state index contributed by atoms with van der Waals surface area (Å²) in [5.41, 5.74) is -0.406. The van der Waals surface area contributed by atoms with Crippen molar-refractivity contribution in [2.75, 3.05) is 0 Å². The molecule has 8 nitrogen and oxygen atoms in total. The Labute approximate surface area is 141 Å². The van der Waals surface area contributed by atoms with Crippen molar-refractivity contribution in [3.8, 4) is 0 Å². The summed E-state index contributed by atoms with van der Waals surface area (Å²) in [6.45, 7) is 0. The average Bonchev–Trinajstić information content (AvgIpc) is 2.84. The summed E-state index contributed by atoms with van der Waals surface area (Å²) in [7, 11) is 0. The number of carbonyl (C=O) groups excluding carboxylic acids is 2. The van der Waals surface area contributed by atoms with Gasteiger partial charge < -0.3 is 5.11 Å². The van der Waals surface area contributed by atoms with Crippen LogP contribution in [0.2, 0.25) is 0 Å². The number of benzene rings is 2. The highest BCUT2D eigenvalue weighted by Gasteiger charge is 2.45. The minimum atomic E-state index is -1.19. The van der Waals surface area contributed by atoms with Crippen molar-refractivity contribution in [1.82, 2.24) is 4.90 Å². The first kappa shape index (κ1) is 16.3. The first-order valence-electron chi connectivity index (χ1n) is 7.34. The average molecular weight is 340 g/mol. The van der Waals surface area contributed by atoms with E-state index in [1.807, 2.05) is 0 Å². The maximum absolute atomic E-state index is 12.7. The normalized spacial score (nSPS) is 14.3. The SMILES string of the molecule is O=C(O)C[C@@H](c1ccccc1)N1C(=O)c2cccc([N+](=O)[O-])c2C1=O. The minimum Gasteiger partial charge on any atom is -0.481 e. The maximum atomic E-state index is 12.7. The highest BCUT2D eigenvalue weighted by atomic mass is 16.6. The van der Waals surface area contributed by atoms with Crippen molar-refractivity contribution in [2.24, 2.45) is 0 Å². The van der Waals surface area contributed by atoms with Crippen LogP contribution in [0.25, 0.3) is 0 Å². The second kappa shape index (κ2) is 6.16. The predicted molar refractivity (Wildman–Crippen MR) is 85.0 cm³/mol. The molecule has 0 saturated carbocycles. The van der Waals surface area contributed by atoms with Gasteiger partial charge in [0.2, 0.25) is 0 Å². The number of hydrogen-bond acceptors (Lipinski definition) is 5. The quantitative estimate of drug-likeness (QED) is 0.507. The molecular weight excluding hydrogens is 328 g/mol. The third-order valence-electron chi connectivity index (χ3n) is 3.99. The van der Waals surface area contributed by atoms with Crippen LogP contribution in [0.3, 0.4) is 0 Å². The highest BCUT2D eigenvalue weighted by molar-refractivity contribution is 6.23. The Balaban J connectivity index is 2.11. The monoisotopic (exact) mass is 340 g/mol. The van der Waals surface area contributed by atoms with Gasteiger partial charge in [0.15, 0.2) is 0 Å². The first-order valence-corrected chi connectivity index (χ1v) is 7.34. The molecule has 0 radical (unpaired) electrons. The molecule has 0 saturated heterocycles. The number of fused-ring (bicyclic) bond motifs is 1. The van der Waals surface area contributed by atoms with Crippen molar-refractivity contribution in [3.05, 3.63) is 75.3 Å². The number of carbonyl (C=O) groups is 3. The fraction of sp³-hybridized carbons (Fsp3) is 0.118. The van der Waals surface area contributed by atoms with Crippen molar-refractivity contribution in [3.63, 3.8) is 0 Å². The lowest BCUT2D eigenvalue weighted by molar-refractivity contribution is -0.385. The van der Waals surface area contributed by atoms with E-state index < -0.39 is 40.9 Å². The van der Waals surface area contributed by atoms with Crippen LogP contribution in [0.15, 0.2) is 48.5 Å². The van der Waals surface area contributed by atoms with E-state index in [4.69, 9.17) is 0 Å². The molecule has 0 aliphatic carbocycles. The van der Waals surface area contributed by atoms with Crippen LogP contribution in [-0.4, -0.2) is 32.7 Å². The molecule has 0 fully saturated rings. The Morgan fingerprint density at radius 2 is 1.76 bits per heavy atom. The second-order valence-electron chi connectivity index (χ2n) is 5.46. The zero-order valence-corrected chi connectivity index (χ0v) is 12.8. The molecule has 0 spiro atoms. The molecule has 0 aromatic heterocycles. The third kappa shape index (κ3) is 2.74. The Hall–Kier alpha value is -3.55. The summed E-state index contributed by atoms with van der Waals surface area (Å²) in [4.78, 5) is 47.9. The molecule has 1 aliphatic heterocycles. The van der Waals surface area contributed by atoms with Gasteiger partial charge in [-0.15, -0.1) is 0 Å². The molecule has 2 amide bonds. The zero-order chi connectivity index (χ0) is 18.1. The number of nitro groups is 1. The lowest BCUT2D eigenvalue weighted by Crippen LogP contribution is -2.35. The van der Waals surface area contributed by atoms with E-state index >= 15 is 0 Å². The van der Waals surface area contributed by atoms with Gasteiger partial charge in [-0.1, -0.05) is 36.4 Å². The number of hydrogen-bond donors (Lipinski definition) is 1. The molecule has 2 aromatic carbocycles. The van der Waals surface area contributed by atoms with Crippen LogP contribution >= 0.6 is 0 Å². The Morgan fingerprint density at radius 1 is 1.08 bits per heavy atom. The predicted octanol–water partition coefficient (Wildman–Crippen LogP) is 2.41. The second-order valence-corrected chi connectivity index (χ2v) is 5.46. The number of nitro benzene ring substituents is 1. The van der Waals surface area contributed by atoms with Crippen LogP contribution in [0, 0.1) is 10.1 Å². The van der Waals surface area contributed by atoms with Gasteiger partial charge in [0.1, 0.15) is 5.56 Å². The molecular formula is C17H12N2O6. The van der Waals surface area contributed by atoms with Crippen LogP contribution in [-0.2, 0) is 4.79 Å². The summed E-state index contributed by atoms with van der Waals surface area (Å²) in [5.74, 6) is -2.79. The molecule has 3 rings (SSSR count). The summed E-state index contributed by atoms with van der Waals surface area (Å²) >= 11 is 0. The van der Waals surface area contributed by atoms with Gasteiger partial charge in [0, 0.05) is 6.07 Å². The number of aliphatic carboxylic acids is 1. The van der Waals surface area contributed by atoms with Gasteiger partial charge in [-0.25, -0.2) is 0 Å².